The van der Waals surface area contributed by atoms with Crippen LogP contribution in [0.2, 0.25) is 0 Å². The first kappa shape index (κ1) is 10.2. The summed E-state index contributed by atoms with van der Waals surface area (Å²) >= 11 is 0. The highest BCUT2D eigenvalue weighted by molar-refractivity contribution is 4.92. The summed E-state index contributed by atoms with van der Waals surface area (Å²) < 4.78 is 2.00. The van der Waals surface area contributed by atoms with Gasteiger partial charge in [0, 0.05) is 32.2 Å². The molecular weight excluding hydrogens is 202 g/mol. The van der Waals surface area contributed by atoms with Gasteiger partial charge in [-0.15, -0.1) is 10.2 Å². The first-order valence-corrected chi connectivity index (χ1v) is 6.12. The van der Waals surface area contributed by atoms with Gasteiger partial charge in [-0.3, -0.25) is 4.90 Å². The fourth-order valence-corrected chi connectivity index (χ4v) is 2.35. The molecule has 2 fully saturated rings. The standard InChI is InChI=1S/C11H19N5/c1-15-8-12-14-11(15)7-16-5-4-10(6-16)13-9-2-3-9/h8-10,13H,2-7H2,1H3. The summed E-state index contributed by atoms with van der Waals surface area (Å²) in [5, 5.41) is 11.7. The SMILES string of the molecule is Cn1cnnc1CN1CCC(NC2CC2)C1. The minimum Gasteiger partial charge on any atom is -0.320 e. The molecule has 1 unspecified atom stereocenters. The third kappa shape index (κ3) is 2.25. The van der Waals surface area contributed by atoms with E-state index in [-0.39, 0.29) is 0 Å². The first-order chi connectivity index (χ1) is 7.81. The highest BCUT2D eigenvalue weighted by Crippen LogP contribution is 2.22. The van der Waals surface area contributed by atoms with Gasteiger partial charge in [0.2, 0.25) is 0 Å². The second-order valence-corrected chi connectivity index (χ2v) is 5.02. The molecule has 88 valence electrons. The van der Waals surface area contributed by atoms with Crippen LogP contribution in [0.3, 0.4) is 0 Å². The van der Waals surface area contributed by atoms with Gasteiger partial charge in [0.05, 0.1) is 6.54 Å². The number of hydrogen-bond acceptors (Lipinski definition) is 4. The van der Waals surface area contributed by atoms with E-state index in [2.05, 4.69) is 20.4 Å². The van der Waals surface area contributed by atoms with E-state index in [1.165, 1.54) is 25.8 Å². The fourth-order valence-electron chi connectivity index (χ4n) is 2.35. The number of nitrogens with one attached hydrogen (secondary N) is 1. The molecule has 1 saturated heterocycles. The van der Waals surface area contributed by atoms with Crippen molar-refractivity contribution in [3.05, 3.63) is 12.2 Å². The zero-order valence-electron chi connectivity index (χ0n) is 9.76. The van der Waals surface area contributed by atoms with Crippen LogP contribution >= 0.6 is 0 Å². The van der Waals surface area contributed by atoms with E-state index >= 15 is 0 Å². The van der Waals surface area contributed by atoms with Crippen molar-refractivity contribution in [2.24, 2.45) is 7.05 Å². The molecule has 1 aliphatic heterocycles. The van der Waals surface area contributed by atoms with Crippen LogP contribution in [0.5, 0.6) is 0 Å². The molecule has 0 amide bonds. The summed E-state index contributed by atoms with van der Waals surface area (Å²) in [5.41, 5.74) is 0. The van der Waals surface area contributed by atoms with Crippen molar-refractivity contribution >= 4 is 0 Å². The van der Waals surface area contributed by atoms with Crippen molar-refractivity contribution in [2.75, 3.05) is 13.1 Å². The third-order valence-electron chi connectivity index (χ3n) is 3.49. The Kier molecular flexibility index (Phi) is 2.65. The van der Waals surface area contributed by atoms with Crippen LogP contribution < -0.4 is 5.32 Å². The molecule has 1 aliphatic carbocycles. The van der Waals surface area contributed by atoms with E-state index in [9.17, 15) is 0 Å². The summed E-state index contributed by atoms with van der Waals surface area (Å²) in [5.74, 6) is 1.06. The Hall–Kier alpha value is -0.940. The lowest BCUT2D eigenvalue weighted by atomic mass is 10.2. The van der Waals surface area contributed by atoms with Gasteiger partial charge in [-0.05, 0) is 19.3 Å². The highest BCUT2D eigenvalue weighted by atomic mass is 15.3. The van der Waals surface area contributed by atoms with Gasteiger partial charge in [0.25, 0.3) is 0 Å². The van der Waals surface area contributed by atoms with Crippen molar-refractivity contribution in [2.45, 2.75) is 37.9 Å². The normalized spacial score (nSPS) is 26.4. The van der Waals surface area contributed by atoms with Crippen LogP contribution in [0.4, 0.5) is 0 Å². The molecule has 5 nitrogen and oxygen atoms in total. The lowest BCUT2D eigenvalue weighted by Gasteiger charge is -2.15. The molecule has 2 heterocycles. The Morgan fingerprint density at radius 3 is 2.94 bits per heavy atom. The maximum atomic E-state index is 4.13. The second-order valence-electron chi connectivity index (χ2n) is 5.02. The lowest BCUT2D eigenvalue weighted by Crippen LogP contribution is -2.34. The van der Waals surface area contributed by atoms with E-state index in [0.717, 1.165) is 25.0 Å². The maximum absolute atomic E-state index is 4.13. The van der Waals surface area contributed by atoms with Gasteiger partial charge < -0.3 is 9.88 Å². The number of likely N-dealkylation sites (tertiary alicyclic amines) is 1. The average molecular weight is 221 g/mol. The molecule has 0 aromatic carbocycles. The van der Waals surface area contributed by atoms with Gasteiger partial charge in [0.15, 0.2) is 0 Å². The smallest absolute Gasteiger partial charge is 0.146 e. The molecule has 3 rings (SSSR count). The maximum Gasteiger partial charge on any atom is 0.146 e. The van der Waals surface area contributed by atoms with E-state index in [1.54, 1.807) is 6.33 Å². The number of nitrogens with zero attached hydrogens (tertiary/aromatic N) is 4. The monoisotopic (exact) mass is 221 g/mol. The van der Waals surface area contributed by atoms with Crippen molar-refractivity contribution in [1.29, 1.82) is 0 Å². The molecule has 0 bridgehead atoms. The predicted octanol–water partition coefficient (Wildman–Crippen LogP) is 0.141. The zero-order chi connectivity index (χ0) is 11.0. The van der Waals surface area contributed by atoms with E-state index in [4.69, 9.17) is 0 Å². The van der Waals surface area contributed by atoms with Gasteiger partial charge >= 0.3 is 0 Å². The van der Waals surface area contributed by atoms with E-state index < -0.39 is 0 Å². The molecule has 0 radical (unpaired) electrons. The fraction of sp³-hybridized carbons (Fsp3) is 0.818. The quantitative estimate of drug-likeness (QED) is 0.785. The summed E-state index contributed by atoms with van der Waals surface area (Å²) in [6.45, 7) is 3.26. The Morgan fingerprint density at radius 2 is 2.25 bits per heavy atom. The molecule has 1 saturated carbocycles. The van der Waals surface area contributed by atoms with E-state index in [1.807, 2.05) is 11.6 Å². The first-order valence-electron chi connectivity index (χ1n) is 6.12. The summed E-state index contributed by atoms with van der Waals surface area (Å²) in [4.78, 5) is 2.46. The second kappa shape index (κ2) is 4.14. The van der Waals surface area contributed by atoms with Crippen LogP contribution in [0.15, 0.2) is 6.33 Å². The van der Waals surface area contributed by atoms with Crippen molar-refractivity contribution in [3.8, 4) is 0 Å². The largest absolute Gasteiger partial charge is 0.320 e. The van der Waals surface area contributed by atoms with Crippen LogP contribution in [-0.4, -0.2) is 44.8 Å². The molecule has 1 atom stereocenters. The van der Waals surface area contributed by atoms with Crippen molar-refractivity contribution in [3.63, 3.8) is 0 Å². The third-order valence-corrected chi connectivity index (χ3v) is 3.49. The van der Waals surface area contributed by atoms with Crippen molar-refractivity contribution < 1.29 is 0 Å². The molecule has 1 aromatic heterocycles. The minimum atomic E-state index is 0.695. The topological polar surface area (TPSA) is 46.0 Å². The van der Waals surface area contributed by atoms with Gasteiger partial charge in [-0.25, -0.2) is 0 Å². The van der Waals surface area contributed by atoms with Crippen LogP contribution in [0.1, 0.15) is 25.1 Å². The Balaban J connectivity index is 1.51. The zero-order valence-corrected chi connectivity index (χ0v) is 9.76. The van der Waals surface area contributed by atoms with Gasteiger partial charge in [-0.2, -0.15) is 0 Å². The number of aryl methyl sites for hydroxylation is 1. The Bertz CT molecular complexity index is 357. The van der Waals surface area contributed by atoms with Crippen LogP contribution in [0.25, 0.3) is 0 Å². The number of hydrogen-bond donors (Lipinski definition) is 1. The molecule has 0 spiro atoms. The molecule has 1 aromatic rings. The van der Waals surface area contributed by atoms with Crippen molar-refractivity contribution in [1.82, 2.24) is 25.0 Å². The summed E-state index contributed by atoms with van der Waals surface area (Å²) in [6.07, 6.45) is 5.79. The average Bonchev–Trinajstić information content (AvgIpc) is 2.82. The molecular formula is C11H19N5. The predicted molar refractivity (Wildman–Crippen MR) is 60.8 cm³/mol. The molecule has 16 heavy (non-hydrogen) atoms. The highest BCUT2D eigenvalue weighted by Gasteiger charge is 2.29. The Labute approximate surface area is 95.8 Å². The van der Waals surface area contributed by atoms with Crippen LogP contribution in [-0.2, 0) is 13.6 Å². The van der Waals surface area contributed by atoms with Gasteiger partial charge in [0.1, 0.15) is 12.2 Å². The Morgan fingerprint density at radius 1 is 1.38 bits per heavy atom. The molecule has 2 aliphatic rings. The summed E-state index contributed by atoms with van der Waals surface area (Å²) in [6, 6.07) is 1.51. The summed E-state index contributed by atoms with van der Waals surface area (Å²) in [7, 11) is 2.01. The molecule has 1 N–H and O–H groups in total. The number of rotatable bonds is 4. The van der Waals surface area contributed by atoms with E-state index in [0.29, 0.717) is 6.04 Å². The molecule has 5 heteroatoms. The number of aromatic nitrogens is 3. The minimum absolute atomic E-state index is 0.695. The van der Waals surface area contributed by atoms with Crippen LogP contribution in [0, 0.1) is 0 Å². The lowest BCUT2D eigenvalue weighted by molar-refractivity contribution is 0.307. The van der Waals surface area contributed by atoms with Gasteiger partial charge in [-0.1, -0.05) is 0 Å².